The SMILES string of the molecule is CN(C)/C=C(/SF)c1cc[nH]c1C=O. The maximum absolute atomic E-state index is 12.6. The van der Waals surface area contributed by atoms with Crippen molar-refractivity contribution in [2.75, 3.05) is 14.1 Å². The van der Waals surface area contributed by atoms with E-state index in [9.17, 15) is 8.68 Å². The van der Waals surface area contributed by atoms with Gasteiger partial charge in [-0.2, -0.15) is 3.89 Å². The monoisotopic (exact) mass is 214 g/mol. The molecule has 0 spiro atoms. The van der Waals surface area contributed by atoms with Gasteiger partial charge in [-0.05, 0) is 6.07 Å². The standard InChI is InChI=1S/C9H11FN2OS/c1-12(2)5-9(14-10)7-3-4-11-8(7)6-13/h3-6,11H,1-2H3/b9-5+. The summed E-state index contributed by atoms with van der Waals surface area (Å²) in [6.07, 6.45) is 3.91. The minimum absolute atomic E-state index is 0.126. The lowest BCUT2D eigenvalue weighted by molar-refractivity contribution is 0.111. The van der Waals surface area contributed by atoms with Crippen LogP contribution < -0.4 is 0 Å². The van der Waals surface area contributed by atoms with Gasteiger partial charge in [-0.15, -0.1) is 0 Å². The first-order valence-corrected chi connectivity index (χ1v) is 4.70. The molecule has 1 heterocycles. The quantitative estimate of drug-likeness (QED) is 0.781. The normalized spacial score (nSPS) is 11.5. The summed E-state index contributed by atoms with van der Waals surface area (Å²) in [5.74, 6) is 0. The first-order chi connectivity index (χ1) is 6.69. The summed E-state index contributed by atoms with van der Waals surface area (Å²) in [7, 11) is 3.59. The van der Waals surface area contributed by atoms with Gasteiger partial charge in [0.2, 0.25) is 0 Å². The predicted octanol–water partition coefficient (Wildman–Crippen LogP) is 2.30. The second-order valence-electron chi connectivity index (χ2n) is 2.96. The van der Waals surface area contributed by atoms with Crippen LogP contribution in [0.2, 0.25) is 0 Å². The van der Waals surface area contributed by atoms with E-state index in [2.05, 4.69) is 4.98 Å². The minimum Gasteiger partial charge on any atom is -0.383 e. The van der Waals surface area contributed by atoms with Gasteiger partial charge in [-0.1, -0.05) is 0 Å². The average Bonchev–Trinajstić information content (AvgIpc) is 2.61. The Hall–Kier alpha value is -1.23. The third-order valence-corrected chi connectivity index (χ3v) is 2.11. The highest BCUT2D eigenvalue weighted by Gasteiger charge is 2.09. The largest absolute Gasteiger partial charge is 0.383 e. The number of rotatable bonds is 4. The molecule has 14 heavy (non-hydrogen) atoms. The van der Waals surface area contributed by atoms with E-state index in [-0.39, 0.29) is 12.1 Å². The van der Waals surface area contributed by atoms with Crippen molar-refractivity contribution in [2.24, 2.45) is 0 Å². The molecule has 0 saturated carbocycles. The second-order valence-corrected chi connectivity index (χ2v) is 3.55. The highest BCUT2D eigenvalue weighted by Crippen LogP contribution is 2.29. The molecular formula is C9H11FN2OS. The Morgan fingerprint density at radius 2 is 2.36 bits per heavy atom. The predicted molar refractivity (Wildman–Crippen MR) is 56.5 cm³/mol. The van der Waals surface area contributed by atoms with Crippen LogP contribution in [0.1, 0.15) is 16.1 Å². The van der Waals surface area contributed by atoms with Crippen LogP contribution in [-0.4, -0.2) is 30.3 Å². The van der Waals surface area contributed by atoms with E-state index in [1.54, 1.807) is 37.5 Å². The van der Waals surface area contributed by atoms with Crippen molar-refractivity contribution < 1.29 is 8.68 Å². The summed E-state index contributed by atoms with van der Waals surface area (Å²) in [6, 6.07) is 1.67. The third kappa shape index (κ3) is 2.38. The molecule has 0 radical (unpaired) electrons. The first kappa shape index (κ1) is 10.8. The number of aromatic amines is 1. The number of hydrogen-bond acceptors (Lipinski definition) is 3. The van der Waals surface area contributed by atoms with Crippen LogP contribution in [0.15, 0.2) is 18.5 Å². The molecule has 0 atom stereocenters. The molecule has 0 amide bonds. The molecular weight excluding hydrogens is 203 g/mol. The maximum atomic E-state index is 12.6. The Kier molecular flexibility index (Phi) is 3.76. The van der Waals surface area contributed by atoms with E-state index < -0.39 is 0 Å². The van der Waals surface area contributed by atoms with E-state index in [0.717, 1.165) is 0 Å². The fourth-order valence-corrected chi connectivity index (χ4v) is 1.57. The molecule has 1 aromatic heterocycles. The number of halogens is 1. The van der Waals surface area contributed by atoms with Crippen LogP contribution in [0.25, 0.3) is 4.91 Å². The Morgan fingerprint density at radius 1 is 1.64 bits per heavy atom. The molecule has 0 aliphatic carbocycles. The van der Waals surface area contributed by atoms with Gasteiger partial charge in [-0.25, -0.2) is 0 Å². The smallest absolute Gasteiger partial charge is 0.166 e. The van der Waals surface area contributed by atoms with Gasteiger partial charge in [0.1, 0.15) is 0 Å². The van der Waals surface area contributed by atoms with Crippen molar-refractivity contribution in [1.82, 2.24) is 9.88 Å². The van der Waals surface area contributed by atoms with Crippen LogP contribution >= 0.6 is 12.1 Å². The molecule has 0 aromatic carbocycles. The summed E-state index contributed by atoms with van der Waals surface area (Å²) in [6.45, 7) is 0. The van der Waals surface area contributed by atoms with Crippen LogP contribution in [0.4, 0.5) is 3.89 Å². The molecule has 0 unspecified atom stereocenters. The lowest BCUT2D eigenvalue weighted by atomic mass is 10.2. The topological polar surface area (TPSA) is 36.1 Å². The number of aromatic nitrogens is 1. The van der Waals surface area contributed by atoms with E-state index in [1.165, 1.54) is 0 Å². The van der Waals surface area contributed by atoms with Gasteiger partial charge in [0, 0.05) is 32.1 Å². The van der Waals surface area contributed by atoms with E-state index in [0.29, 0.717) is 22.4 Å². The molecule has 0 aliphatic heterocycles. The molecule has 1 aromatic rings. The number of hydrogen-bond donors (Lipinski definition) is 1. The molecule has 1 rings (SSSR count). The molecule has 76 valence electrons. The van der Waals surface area contributed by atoms with Crippen LogP contribution in [-0.2, 0) is 0 Å². The van der Waals surface area contributed by atoms with Crippen molar-refractivity contribution >= 4 is 23.3 Å². The Balaban J connectivity index is 3.06. The van der Waals surface area contributed by atoms with Crippen LogP contribution in [0.3, 0.4) is 0 Å². The molecule has 0 aliphatic rings. The first-order valence-electron chi connectivity index (χ1n) is 3.98. The lowest BCUT2D eigenvalue weighted by Gasteiger charge is -2.07. The Bertz CT molecular complexity index is 346. The number of aldehydes is 1. The zero-order valence-corrected chi connectivity index (χ0v) is 8.77. The van der Waals surface area contributed by atoms with E-state index in [1.807, 2.05) is 0 Å². The van der Waals surface area contributed by atoms with Crippen molar-refractivity contribution in [3.8, 4) is 0 Å². The summed E-state index contributed by atoms with van der Waals surface area (Å²) < 4.78 is 12.6. The summed E-state index contributed by atoms with van der Waals surface area (Å²) in [5.41, 5.74) is 0.976. The number of carbonyl (C=O) groups excluding carboxylic acids is 1. The fraction of sp³-hybridized carbons (Fsp3) is 0.222. The highest BCUT2D eigenvalue weighted by molar-refractivity contribution is 8.03. The van der Waals surface area contributed by atoms with E-state index >= 15 is 0 Å². The summed E-state index contributed by atoms with van der Waals surface area (Å²) >= 11 is 0.126. The second kappa shape index (κ2) is 4.85. The molecule has 5 heteroatoms. The molecule has 0 fully saturated rings. The highest BCUT2D eigenvalue weighted by atomic mass is 32.2. The number of carbonyl (C=O) groups is 1. The van der Waals surface area contributed by atoms with Crippen molar-refractivity contribution in [1.29, 1.82) is 0 Å². The van der Waals surface area contributed by atoms with Crippen molar-refractivity contribution in [2.45, 2.75) is 0 Å². The van der Waals surface area contributed by atoms with Gasteiger partial charge < -0.3 is 9.88 Å². The molecule has 0 saturated heterocycles. The number of H-pyrrole nitrogens is 1. The Labute approximate surface area is 86.3 Å². The average molecular weight is 214 g/mol. The fourth-order valence-electron chi connectivity index (χ4n) is 1.06. The van der Waals surface area contributed by atoms with E-state index in [4.69, 9.17) is 0 Å². The lowest BCUT2D eigenvalue weighted by Crippen LogP contribution is -2.01. The molecule has 1 N–H and O–H groups in total. The molecule has 3 nitrogen and oxygen atoms in total. The van der Waals surface area contributed by atoms with Crippen LogP contribution in [0, 0.1) is 0 Å². The van der Waals surface area contributed by atoms with Crippen molar-refractivity contribution in [3.63, 3.8) is 0 Å². The van der Waals surface area contributed by atoms with Gasteiger partial charge in [-0.3, -0.25) is 4.79 Å². The summed E-state index contributed by atoms with van der Waals surface area (Å²) in [5, 5.41) is 0. The zero-order chi connectivity index (χ0) is 10.6. The number of nitrogens with one attached hydrogen (secondary N) is 1. The third-order valence-electron chi connectivity index (χ3n) is 1.62. The summed E-state index contributed by atoms with van der Waals surface area (Å²) in [4.78, 5) is 15.5. The van der Waals surface area contributed by atoms with Gasteiger partial charge in [0.25, 0.3) is 0 Å². The molecule has 0 bridgehead atoms. The zero-order valence-electron chi connectivity index (χ0n) is 7.95. The minimum atomic E-state index is 0.126. The Morgan fingerprint density at radius 3 is 2.86 bits per heavy atom. The van der Waals surface area contributed by atoms with Gasteiger partial charge in [0.05, 0.1) is 22.7 Å². The van der Waals surface area contributed by atoms with Crippen molar-refractivity contribution in [3.05, 3.63) is 29.7 Å². The maximum Gasteiger partial charge on any atom is 0.166 e. The number of nitrogens with zero attached hydrogens (tertiary/aromatic N) is 1. The van der Waals surface area contributed by atoms with Crippen LogP contribution in [0.5, 0.6) is 0 Å². The van der Waals surface area contributed by atoms with Gasteiger partial charge in [0.15, 0.2) is 6.29 Å². The van der Waals surface area contributed by atoms with Gasteiger partial charge >= 0.3 is 0 Å².